The van der Waals surface area contributed by atoms with Crippen molar-refractivity contribution < 1.29 is 18.4 Å². The Morgan fingerprint density at radius 3 is 2.50 bits per heavy atom. The molecule has 12 heteroatoms. The Labute approximate surface area is 193 Å². The predicted octanol–water partition coefficient (Wildman–Crippen LogP) is 5.32. The van der Waals surface area contributed by atoms with E-state index in [4.69, 9.17) is 17.3 Å². The van der Waals surface area contributed by atoms with Crippen LogP contribution in [0.25, 0.3) is 20.7 Å². The second-order valence-corrected chi connectivity index (χ2v) is 9.65. The molecule has 0 aliphatic rings. The van der Waals surface area contributed by atoms with E-state index in [9.17, 15) is 18.4 Å². The number of carbonyl (C=O) groups excluding carboxylic acids is 2. The van der Waals surface area contributed by atoms with Crippen LogP contribution in [-0.2, 0) is 7.05 Å². The number of nitrogens with two attached hydrogens (primary N) is 1. The number of thiophene rings is 2. The number of amides is 2. The van der Waals surface area contributed by atoms with Crippen LogP contribution in [0.4, 0.5) is 14.5 Å². The van der Waals surface area contributed by atoms with Gasteiger partial charge in [-0.25, -0.2) is 13.8 Å². The van der Waals surface area contributed by atoms with Crippen LogP contribution >= 0.6 is 34.3 Å². The lowest BCUT2D eigenvalue weighted by Gasteiger charge is -2.09. The molecule has 0 bridgehead atoms. The third kappa shape index (κ3) is 3.76. The van der Waals surface area contributed by atoms with E-state index in [1.807, 2.05) is 13.0 Å². The van der Waals surface area contributed by atoms with Gasteiger partial charge in [-0.05, 0) is 32.0 Å². The number of hydrogen-bond acceptors (Lipinski definition) is 6. The van der Waals surface area contributed by atoms with Crippen LogP contribution in [0.5, 0.6) is 0 Å². The summed E-state index contributed by atoms with van der Waals surface area (Å²) in [5, 5.41) is 7.30. The van der Waals surface area contributed by atoms with E-state index in [1.165, 1.54) is 22.1 Å². The van der Waals surface area contributed by atoms with Gasteiger partial charge in [-0.3, -0.25) is 14.3 Å². The number of rotatable bonds is 5. The lowest BCUT2D eigenvalue weighted by atomic mass is 10.1. The molecule has 166 valence electrons. The number of fused-ring (bicyclic) bond motifs is 1. The number of nitrogens with zero attached hydrogens (tertiary/aromatic N) is 3. The summed E-state index contributed by atoms with van der Waals surface area (Å²) >= 11 is 8.46. The van der Waals surface area contributed by atoms with E-state index in [2.05, 4.69) is 15.4 Å². The number of aromatic nitrogens is 3. The van der Waals surface area contributed by atoms with Crippen molar-refractivity contribution in [3.8, 4) is 10.4 Å². The van der Waals surface area contributed by atoms with Gasteiger partial charge in [0, 0.05) is 27.8 Å². The molecule has 0 radical (unpaired) electrons. The van der Waals surface area contributed by atoms with Crippen LogP contribution in [0.3, 0.4) is 0 Å². The number of carbonyl (C=O) groups is 2. The second kappa shape index (κ2) is 8.23. The number of anilines is 1. The van der Waals surface area contributed by atoms with E-state index in [-0.39, 0.29) is 26.1 Å². The highest BCUT2D eigenvalue weighted by atomic mass is 35.5. The van der Waals surface area contributed by atoms with Gasteiger partial charge in [-0.1, -0.05) is 11.6 Å². The number of pyridine rings is 1. The van der Waals surface area contributed by atoms with Gasteiger partial charge in [0.15, 0.2) is 5.69 Å². The number of alkyl halides is 2. The van der Waals surface area contributed by atoms with Crippen LogP contribution in [0.15, 0.2) is 18.2 Å². The first-order valence-corrected chi connectivity index (χ1v) is 11.2. The predicted molar refractivity (Wildman–Crippen MR) is 122 cm³/mol. The first kappa shape index (κ1) is 22.3. The molecule has 7 nitrogen and oxygen atoms in total. The minimum atomic E-state index is -2.81. The van der Waals surface area contributed by atoms with Crippen molar-refractivity contribution in [2.24, 2.45) is 12.8 Å². The average molecular weight is 496 g/mol. The van der Waals surface area contributed by atoms with Crippen LogP contribution in [0.2, 0.25) is 5.02 Å². The van der Waals surface area contributed by atoms with Gasteiger partial charge in [0.05, 0.1) is 16.4 Å². The van der Waals surface area contributed by atoms with Gasteiger partial charge >= 0.3 is 0 Å². The molecule has 3 N–H and O–H groups in total. The maximum atomic E-state index is 13.5. The van der Waals surface area contributed by atoms with Crippen LogP contribution in [0.1, 0.15) is 42.9 Å². The molecule has 0 saturated carbocycles. The minimum Gasteiger partial charge on any atom is -0.365 e. The van der Waals surface area contributed by atoms with Crippen molar-refractivity contribution in [2.75, 3.05) is 5.32 Å². The van der Waals surface area contributed by atoms with Crippen LogP contribution < -0.4 is 11.1 Å². The van der Waals surface area contributed by atoms with E-state index in [1.54, 1.807) is 20.0 Å². The maximum absolute atomic E-state index is 13.5. The SMILES string of the molecule is Cc1ccc(-c2cc(C(F)F)nc3sc(C(N)=O)c(NC(=O)c4nn(C)c(C)c4Cl)c23)s1. The Morgan fingerprint density at radius 1 is 1.25 bits per heavy atom. The molecule has 0 fully saturated rings. The highest BCUT2D eigenvalue weighted by Crippen LogP contribution is 2.44. The van der Waals surface area contributed by atoms with Crippen molar-refractivity contribution >= 4 is 62.0 Å². The molecular formula is C20H16ClF2N5O2S2. The normalized spacial score (nSPS) is 11.5. The molecule has 2 amide bonds. The highest BCUT2D eigenvalue weighted by Gasteiger charge is 2.27. The molecule has 0 aliphatic heterocycles. The molecule has 32 heavy (non-hydrogen) atoms. The fourth-order valence-electron chi connectivity index (χ4n) is 3.20. The fourth-order valence-corrected chi connectivity index (χ4v) is 5.35. The van der Waals surface area contributed by atoms with Crippen molar-refractivity contribution in [2.45, 2.75) is 20.3 Å². The molecular weight excluding hydrogens is 480 g/mol. The van der Waals surface area contributed by atoms with E-state index in [0.29, 0.717) is 21.5 Å². The van der Waals surface area contributed by atoms with Gasteiger partial charge in [0.1, 0.15) is 15.4 Å². The summed E-state index contributed by atoms with van der Waals surface area (Å²) in [4.78, 5) is 31.0. The molecule has 0 atom stereocenters. The summed E-state index contributed by atoms with van der Waals surface area (Å²) in [6.45, 7) is 3.59. The summed E-state index contributed by atoms with van der Waals surface area (Å²) < 4.78 is 28.5. The quantitative estimate of drug-likeness (QED) is 0.391. The minimum absolute atomic E-state index is 0.00873. The molecule has 4 rings (SSSR count). The Bertz CT molecular complexity index is 1390. The molecule has 0 aliphatic carbocycles. The van der Waals surface area contributed by atoms with Crippen LogP contribution in [-0.4, -0.2) is 26.6 Å². The summed E-state index contributed by atoms with van der Waals surface area (Å²) in [5.41, 5.74) is 6.17. The Hall–Kier alpha value is -2.89. The number of nitrogens with one attached hydrogen (secondary N) is 1. The van der Waals surface area contributed by atoms with Gasteiger partial charge in [0.2, 0.25) is 0 Å². The third-order valence-electron chi connectivity index (χ3n) is 4.85. The van der Waals surface area contributed by atoms with Gasteiger partial charge in [0.25, 0.3) is 18.2 Å². The van der Waals surface area contributed by atoms with E-state index < -0.39 is 23.9 Å². The Balaban J connectivity index is 1.96. The van der Waals surface area contributed by atoms with Crippen molar-refractivity contribution in [1.29, 1.82) is 0 Å². The van der Waals surface area contributed by atoms with Gasteiger partial charge < -0.3 is 11.1 Å². The zero-order valence-corrected chi connectivity index (χ0v) is 19.4. The zero-order valence-electron chi connectivity index (χ0n) is 17.0. The fraction of sp³-hybridized carbons (Fsp3) is 0.200. The molecule has 0 saturated heterocycles. The summed E-state index contributed by atoms with van der Waals surface area (Å²) in [6.07, 6.45) is -2.81. The average Bonchev–Trinajstić information content (AvgIpc) is 3.40. The van der Waals surface area contributed by atoms with E-state index in [0.717, 1.165) is 16.2 Å². The van der Waals surface area contributed by atoms with Gasteiger partial charge in [-0.15, -0.1) is 22.7 Å². The number of halogens is 3. The topological polar surface area (TPSA) is 103 Å². The van der Waals surface area contributed by atoms with Gasteiger partial charge in [-0.2, -0.15) is 5.10 Å². The number of aryl methyl sites for hydroxylation is 2. The molecule has 4 aromatic rings. The molecule has 0 unspecified atom stereocenters. The third-order valence-corrected chi connectivity index (χ3v) is 7.43. The monoisotopic (exact) mass is 495 g/mol. The van der Waals surface area contributed by atoms with Crippen molar-refractivity contribution in [3.63, 3.8) is 0 Å². The van der Waals surface area contributed by atoms with Crippen molar-refractivity contribution in [1.82, 2.24) is 14.8 Å². The zero-order chi connectivity index (χ0) is 23.3. The molecule has 0 spiro atoms. The first-order chi connectivity index (χ1) is 15.1. The number of primary amides is 1. The molecule has 4 heterocycles. The Kier molecular flexibility index (Phi) is 5.74. The maximum Gasteiger partial charge on any atom is 0.280 e. The highest BCUT2D eigenvalue weighted by molar-refractivity contribution is 7.21. The first-order valence-electron chi connectivity index (χ1n) is 9.21. The lowest BCUT2D eigenvalue weighted by Crippen LogP contribution is -2.17. The Morgan fingerprint density at radius 2 is 1.97 bits per heavy atom. The molecule has 4 aromatic heterocycles. The second-order valence-electron chi connectivity index (χ2n) is 6.98. The standard InChI is InChI=1S/C20H16ClF2N5O2S2/c1-7-4-5-11(31-7)9-6-10(17(22)23)25-20-12(9)14(16(32-20)18(24)29)26-19(30)15-13(21)8(2)28(3)27-15/h4-6,17H,1-3H3,(H2,24,29)(H,26,30). The smallest absolute Gasteiger partial charge is 0.280 e. The number of hydrogen-bond donors (Lipinski definition) is 2. The van der Waals surface area contributed by atoms with Crippen LogP contribution in [0, 0.1) is 13.8 Å². The van der Waals surface area contributed by atoms with E-state index >= 15 is 0 Å². The lowest BCUT2D eigenvalue weighted by molar-refractivity contribution is 0.100. The summed E-state index contributed by atoms with van der Waals surface area (Å²) in [5.74, 6) is -1.48. The largest absolute Gasteiger partial charge is 0.365 e. The summed E-state index contributed by atoms with van der Waals surface area (Å²) in [6, 6.07) is 4.91. The summed E-state index contributed by atoms with van der Waals surface area (Å²) in [7, 11) is 1.64. The molecule has 0 aromatic carbocycles. The van der Waals surface area contributed by atoms with Crippen molar-refractivity contribution in [3.05, 3.63) is 50.1 Å².